The van der Waals surface area contributed by atoms with Gasteiger partial charge in [0, 0.05) is 44.8 Å². The van der Waals surface area contributed by atoms with Crippen molar-refractivity contribution in [1.82, 2.24) is 9.80 Å². The van der Waals surface area contributed by atoms with Gasteiger partial charge in [-0.1, -0.05) is 18.2 Å². The zero-order chi connectivity index (χ0) is 18.2. The molecule has 6 heteroatoms. The van der Waals surface area contributed by atoms with Gasteiger partial charge < -0.3 is 19.9 Å². The van der Waals surface area contributed by atoms with Crippen LogP contribution < -0.4 is 10.1 Å². The first-order valence-electron chi connectivity index (χ1n) is 8.78. The van der Waals surface area contributed by atoms with Gasteiger partial charge >= 0.3 is 0 Å². The van der Waals surface area contributed by atoms with Gasteiger partial charge in [-0.2, -0.15) is 0 Å². The van der Waals surface area contributed by atoms with Crippen LogP contribution in [0, 0.1) is 0 Å². The summed E-state index contributed by atoms with van der Waals surface area (Å²) in [6.07, 6.45) is 1.28. The Morgan fingerprint density at radius 1 is 0.962 bits per heavy atom. The lowest BCUT2D eigenvalue weighted by molar-refractivity contribution is -0.134. The smallest absolute Gasteiger partial charge is 0.224 e. The number of para-hydroxylation sites is 1. The van der Waals surface area contributed by atoms with Crippen LogP contribution in [0.2, 0.25) is 0 Å². The highest BCUT2D eigenvalue weighted by atomic mass is 16.5. The molecule has 0 radical (unpaired) electrons. The van der Waals surface area contributed by atoms with E-state index < -0.39 is 0 Å². The largest absolute Gasteiger partial charge is 0.457 e. The number of benzene rings is 2. The fourth-order valence-corrected chi connectivity index (χ4v) is 2.81. The van der Waals surface area contributed by atoms with E-state index in [2.05, 4.69) is 5.32 Å². The summed E-state index contributed by atoms with van der Waals surface area (Å²) in [5, 5.41) is 3.26. The van der Waals surface area contributed by atoms with Crippen LogP contribution in [-0.2, 0) is 9.59 Å². The molecule has 1 aliphatic rings. The van der Waals surface area contributed by atoms with Crippen LogP contribution in [0.3, 0.4) is 0 Å². The van der Waals surface area contributed by atoms with Crippen LogP contribution in [0.5, 0.6) is 11.5 Å². The highest BCUT2D eigenvalue weighted by molar-refractivity contribution is 5.77. The van der Waals surface area contributed by atoms with Gasteiger partial charge in [0.25, 0.3) is 0 Å². The number of rotatable bonds is 7. The lowest BCUT2D eigenvalue weighted by Gasteiger charge is -2.32. The molecule has 1 heterocycles. The molecule has 1 fully saturated rings. The van der Waals surface area contributed by atoms with Crippen molar-refractivity contribution in [1.29, 1.82) is 0 Å². The van der Waals surface area contributed by atoms with Gasteiger partial charge in [-0.25, -0.2) is 0 Å². The van der Waals surface area contributed by atoms with Gasteiger partial charge in [0.15, 0.2) is 0 Å². The number of nitrogens with one attached hydrogen (secondary N) is 1. The van der Waals surface area contributed by atoms with Gasteiger partial charge in [-0.3, -0.25) is 9.59 Å². The third kappa shape index (κ3) is 4.99. The van der Waals surface area contributed by atoms with Crippen molar-refractivity contribution in [2.75, 3.05) is 38.0 Å². The highest BCUT2D eigenvalue weighted by Gasteiger charge is 2.19. The van der Waals surface area contributed by atoms with E-state index in [4.69, 9.17) is 4.74 Å². The Morgan fingerprint density at radius 3 is 2.27 bits per heavy atom. The van der Waals surface area contributed by atoms with Crippen molar-refractivity contribution >= 4 is 18.0 Å². The lowest BCUT2D eigenvalue weighted by atomic mass is 10.2. The maximum Gasteiger partial charge on any atom is 0.224 e. The summed E-state index contributed by atoms with van der Waals surface area (Å²) < 4.78 is 5.76. The van der Waals surface area contributed by atoms with E-state index in [0.29, 0.717) is 39.1 Å². The van der Waals surface area contributed by atoms with Gasteiger partial charge in [0.2, 0.25) is 12.3 Å². The molecule has 0 atom stereocenters. The molecule has 136 valence electrons. The molecule has 2 aromatic rings. The molecule has 1 N–H and O–H groups in total. The van der Waals surface area contributed by atoms with E-state index in [-0.39, 0.29) is 5.91 Å². The SMILES string of the molecule is O=CN1CCN(C(=O)CCNc2ccc(Oc3ccccc3)cc2)CC1. The van der Waals surface area contributed by atoms with Gasteiger partial charge in [0.1, 0.15) is 11.5 Å². The van der Waals surface area contributed by atoms with Gasteiger partial charge in [0.05, 0.1) is 0 Å². The van der Waals surface area contributed by atoms with Crippen LogP contribution in [0.25, 0.3) is 0 Å². The second kappa shape index (κ2) is 8.89. The van der Waals surface area contributed by atoms with E-state index in [1.165, 1.54) is 0 Å². The van der Waals surface area contributed by atoms with E-state index in [9.17, 15) is 9.59 Å². The lowest BCUT2D eigenvalue weighted by Crippen LogP contribution is -2.48. The number of hydrogen-bond donors (Lipinski definition) is 1. The Hall–Kier alpha value is -3.02. The summed E-state index contributed by atoms with van der Waals surface area (Å²) in [5.74, 6) is 1.69. The Kier molecular flexibility index (Phi) is 6.09. The third-order valence-corrected chi connectivity index (χ3v) is 4.32. The minimum atomic E-state index is 0.118. The number of nitrogens with zero attached hydrogens (tertiary/aromatic N) is 2. The van der Waals surface area contributed by atoms with Crippen molar-refractivity contribution in [3.8, 4) is 11.5 Å². The first kappa shape index (κ1) is 17.8. The molecule has 0 aliphatic carbocycles. The molecule has 0 aromatic heterocycles. The quantitative estimate of drug-likeness (QED) is 0.777. The second-order valence-corrected chi connectivity index (χ2v) is 6.14. The first-order chi connectivity index (χ1) is 12.7. The Balaban J connectivity index is 1.41. The number of carbonyl (C=O) groups excluding carboxylic acids is 2. The van der Waals surface area contributed by atoms with Crippen molar-refractivity contribution < 1.29 is 14.3 Å². The summed E-state index contributed by atoms with van der Waals surface area (Å²) in [6.45, 7) is 3.04. The predicted octanol–water partition coefficient (Wildman–Crippen LogP) is 2.58. The molecule has 0 saturated carbocycles. The Labute approximate surface area is 153 Å². The normalized spacial score (nSPS) is 14.0. The van der Waals surface area contributed by atoms with Crippen molar-refractivity contribution in [2.45, 2.75) is 6.42 Å². The zero-order valence-electron chi connectivity index (χ0n) is 14.6. The van der Waals surface area contributed by atoms with Gasteiger partial charge in [-0.15, -0.1) is 0 Å². The van der Waals surface area contributed by atoms with Crippen LogP contribution >= 0.6 is 0 Å². The maximum absolute atomic E-state index is 12.2. The van der Waals surface area contributed by atoms with Gasteiger partial charge in [-0.05, 0) is 36.4 Å². The average Bonchev–Trinajstić information content (AvgIpc) is 2.70. The maximum atomic E-state index is 12.2. The van der Waals surface area contributed by atoms with E-state index in [1.807, 2.05) is 59.5 Å². The minimum Gasteiger partial charge on any atom is -0.457 e. The van der Waals surface area contributed by atoms with Crippen molar-refractivity contribution in [3.05, 3.63) is 54.6 Å². The molecule has 2 aromatic carbocycles. The number of anilines is 1. The van der Waals surface area contributed by atoms with E-state index in [1.54, 1.807) is 4.90 Å². The van der Waals surface area contributed by atoms with Crippen LogP contribution in [-0.4, -0.2) is 54.8 Å². The molecule has 0 unspecified atom stereocenters. The fourth-order valence-electron chi connectivity index (χ4n) is 2.81. The topological polar surface area (TPSA) is 61.9 Å². The first-order valence-corrected chi connectivity index (χ1v) is 8.78. The molecule has 3 rings (SSSR count). The summed E-state index contributed by atoms with van der Waals surface area (Å²) in [6, 6.07) is 17.3. The zero-order valence-corrected chi connectivity index (χ0v) is 14.6. The standard InChI is InChI=1S/C20H23N3O3/c24-16-22-12-14-23(15-13-22)20(25)10-11-21-17-6-8-19(9-7-17)26-18-4-2-1-3-5-18/h1-9,16,21H,10-15H2. The van der Waals surface area contributed by atoms with E-state index in [0.717, 1.165) is 23.6 Å². The highest BCUT2D eigenvalue weighted by Crippen LogP contribution is 2.22. The van der Waals surface area contributed by atoms with Crippen LogP contribution in [0.4, 0.5) is 5.69 Å². The predicted molar refractivity (Wildman–Crippen MR) is 100 cm³/mol. The molecule has 26 heavy (non-hydrogen) atoms. The van der Waals surface area contributed by atoms with Crippen LogP contribution in [0.15, 0.2) is 54.6 Å². The molecular formula is C20H23N3O3. The molecule has 1 aliphatic heterocycles. The number of hydrogen-bond acceptors (Lipinski definition) is 4. The third-order valence-electron chi connectivity index (χ3n) is 4.32. The monoisotopic (exact) mass is 353 g/mol. The van der Waals surface area contributed by atoms with Crippen molar-refractivity contribution in [3.63, 3.8) is 0 Å². The second-order valence-electron chi connectivity index (χ2n) is 6.14. The summed E-state index contributed by atoms with van der Waals surface area (Å²) >= 11 is 0. The number of carbonyl (C=O) groups is 2. The summed E-state index contributed by atoms with van der Waals surface area (Å²) in [7, 11) is 0. The molecule has 6 nitrogen and oxygen atoms in total. The molecule has 0 spiro atoms. The number of piperazine rings is 1. The molecule has 1 saturated heterocycles. The van der Waals surface area contributed by atoms with E-state index >= 15 is 0 Å². The minimum absolute atomic E-state index is 0.118. The molecular weight excluding hydrogens is 330 g/mol. The number of amides is 2. The average molecular weight is 353 g/mol. The Morgan fingerprint density at radius 2 is 1.62 bits per heavy atom. The molecule has 2 amide bonds. The Bertz CT molecular complexity index is 711. The summed E-state index contributed by atoms with van der Waals surface area (Å²) in [4.78, 5) is 26.4. The molecule has 0 bridgehead atoms. The van der Waals surface area contributed by atoms with Crippen LogP contribution in [0.1, 0.15) is 6.42 Å². The number of ether oxygens (including phenoxy) is 1. The van der Waals surface area contributed by atoms with Crippen molar-refractivity contribution in [2.24, 2.45) is 0 Å². The fraction of sp³-hybridized carbons (Fsp3) is 0.300. The summed E-state index contributed by atoms with van der Waals surface area (Å²) in [5.41, 5.74) is 0.948.